The topological polar surface area (TPSA) is 46.2 Å². The number of halogens is 3. The molecule has 0 unspecified atom stereocenters. The Morgan fingerprint density at radius 2 is 1.53 bits per heavy atom. The van der Waals surface area contributed by atoms with Crippen LogP contribution in [0, 0.1) is 11.6 Å². The van der Waals surface area contributed by atoms with E-state index in [9.17, 15) is 17.2 Å². The molecular weight excluding hydrogens is 340 g/mol. The molecule has 0 saturated carbocycles. The predicted molar refractivity (Wildman–Crippen MR) is 71.3 cm³/mol. The maximum absolute atomic E-state index is 13.5. The van der Waals surface area contributed by atoms with Gasteiger partial charge in [-0.05, 0) is 40.2 Å². The van der Waals surface area contributed by atoms with Gasteiger partial charge in [0.25, 0.3) is 10.0 Å². The molecule has 0 aliphatic heterocycles. The lowest BCUT2D eigenvalue weighted by Gasteiger charge is -2.10. The lowest BCUT2D eigenvalue weighted by atomic mass is 10.3. The lowest BCUT2D eigenvalue weighted by Crippen LogP contribution is -2.16. The van der Waals surface area contributed by atoms with Crippen molar-refractivity contribution in [3.05, 3.63) is 58.6 Å². The van der Waals surface area contributed by atoms with Crippen molar-refractivity contribution >= 4 is 31.6 Å². The molecular formula is C12H8BrF2NO2S. The molecule has 0 amide bonds. The number of hydrogen-bond donors (Lipinski definition) is 1. The molecule has 0 bridgehead atoms. The van der Waals surface area contributed by atoms with Crippen molar-refractivity contribution in [2.24, 2.45) is 0 Å². The fourth-order valence-electron chi connectivity index (χ4n) is 1.48. The van der Waals surface area contributed by atoms with Gasteiger partial charge in [0.15, 0.2) is 4.90 Å². The van der Waals surface area contributed by atoms with Gasteiger partial charge in [-0.3, -0.25) is 4.72 Å². The number of rotatable bonds is 3. The first-order valence-corrected chi connectivity index (χ1v) is 7.41. The highest BCUT2D eigenvalue weighted by Gasteiger charge is 2.24. The predicted octanol–water partition coefficient (Wildman–Crippen LogP) is 3.53. The van der Waals surface area contributed by atoms with Gasteiger partial charge in [-0.1, -0.05) is 18.2 Å². The number of hydrogen-bond acceptors (Lipinski definition) is 2. The lowest BCUT2D eigenvalue weighted by molar-refractivity contribution is 0.521. The van der Waals surface area contributed by atoms with Crippen LogP contribution in [0.2, 0.25) is 0 Å². The number of nitrogens with one attached hydrogen (secondary N) is 1. The molecule has 0 atom stereocenters. The highest BCUT2D eigenvalue weighted by Crippen LogP contribution is 2.26. The molecule has 0 spiro atoms. The molecule has 2 rings (SSSR count). The van der Waals surface area contributed by atoms with Gasteiger partial charge < -0.3 is 0 Å². The zero-order valence-electron chi connectivity index (χ0n) is 9.40. The highest BCUT2D eigenvalue weighted by molar-refractivity contribution is 9.10. The van der Waals surface area contributed by atoms with Crippen molar-refractivity contribution < 1.29 is 17.2 Å². The molecule has 0 aliphatic carbocycles. The van der Waals surface area contributed by atoms with Crippen LogP contribution in [0.1, 0.15) is 0 Å². The van der Waals surface area contributed by atoms with Crippen molar-refractivity contribution in [3.63, 3.8) is 0 Å². The third-order valence-corrected chi connectivity index (χ3v) is 4.41. The van der Waals surface area contributed by atoms with Gasteiger partial charge in [-0.15, -0.1) is 0 Å². The fourth-order valence-corrected chi connectivity index (χ4v) is 3.21. The molecule has 19 heavy (non-hydrogen) atoms. The molecule has 0 heterocycles. The van der Waals surface area contributed by atoms with Crippen molar-refractivity contribution in [1.29, 1.82) is 0 Å². The van der Waals surface area contributed by atoms with E-state index in [1.807, 2.05) is 0 Å². The van der Waals surface area contributed by atoms with E-state index in [4.69, 9.17) is 0 Å². The van der Waals surface area contributed by atoms with Gasteiger partial charge in [0.1, 0.15) is 11.6 Å². The number of para-hydroxylation sites is 1. The Kier molecular flexibility index (Phi) is 3.86. The summed E-state index contributed by atoms with van der Waals surface area (Å²) in [6.07, 6.45) is 0. The monoisotopic (exact) mass is 347 g/mol. The molecule has 100 valence electrons. The van der Waals surface area contributed by atoms with Crippen LogP contribution in [-0.2, 0) is 10.0 Å². The standard InChI is InChI=1S/C12H8BrF2NO2S/c13-8-4-1-2-7-11(8)16-19(17,18)12-9(14)5-3-6-10(12)15/h1-7,16H. The second kappa shape index (κ2) is 5.26. The minimum absolute atomic E-state index is 0.199. The SMILES string of the molecule is O=S(=O)(Nc1ccccc1Br)c1c(F)cccc1F. The third-order valence-electron chi connectivity index (χ3n) is 2.31. The first-order chi connectivity index (χ1) is 8.92. The van der Waals surface area contributed by atoms with E-state index in [-0.39, 0.29) is 5.69 Å². The summed E-state index contributed by atoms with van der Waals surface area (Å²) in [6, 6.07) is 9.24. The maximum atomic E-state index is 13.5. The van der Waals surface area contributed by atoms with Crippen LogP contribution in [0.4, 0.5) is 14.5 Å². The normalized spacial score (nSPS) is 11.3. The molecule has 0 saturated heterocycles. The van der Waals surface area contributed by atoms with Crippen molar-refractivity contribution in [2.75, 3.05) is 4.72 Å². The molecule has 3 nitrogen and oxygen atoms in total. The van der Waals surface area contributed by atoms with Gasteiger partial charge >= 0.3 is 0 Å². The molecule has 0 radical (unpaired) electrons. The Morgan fingerprint density at radius 1 is 0.947 bits per heavy atom. The van der Waals surface area contributed by atoms with Crippen LogP contribution in [-0.4, -0.2) is 8.42 Å². The van der Waals surface area contributed by atoms with Gasteiger partial charge in [0.2, 0.25) is 0 Å². The average molecular weight is 348 g/mol. The zero-order chi connectivity index (χ0) is 14.0. The van der Waals surface area contributed by atoms with Crippen molar-refractivity contribution in [1.82, 2.24) is 0 Å². The van der Waals surface area contributed by atoms with Crippen molar-refractivity contribution in [2.45, 2.75) is 4.90 Å². The summed E-state index contributed by atoms with van der Waals surface area (Å²) in [6.45, 7) is 0. The summed E-state index contributed by atoms with van der Waals surface area (Å²) < 4.78 is 53.5. The van der Waals surface area contributed by atoms with E-state index in [0.29, 0.717) is 4.47 Å². The summed E-state index contributed by atoms with van der Waals surface area (Å²) in [5.41, 5.74) is 0.199. The first-order valence-electron chi connectivity index (χ1n) is 5.13. The quantitative estimate of drug-likeness (QED) is 0.923. The van der Waals surface area contributed by atoms with E-state index in [1.165, 1.54) is 6.07 Å². The summed E-state index contributed by atoms with van der Waals surface area (Å²) in [7, 11) is -4.33. The molecule has 2 aromatic carbocycles. The van der Waals surface area contributed by atoms with Gasteiger partial charge in [0, 0.05) is 4.47 Å². The molecule has 1 N–H and O–H groups in total. The van der Waals surface area contributed by atoms with Crippen molar-refractivity contribution in [3.8, 4) is 0 Å². The van der Waals surface area contributed by atoms with E-state index in [2.05, 4.69) is 20.7 Å². The van der Waals surface area contributed by atoms with E-state index in [1.54, 1.807) is 18.2 Å². The minimum atomic E-state index is -4.33. The Morgan fingerprint density at radius 3 is 2.11 bits per heavy atom. The maximum Gasteiger partial charge on any atom is 0.267 e. The Hall–Kier alpha value is -1.47. The summed E-state index contributed by atoms with van der Waals surface area (Å²) in [4.78, 5) is -0.995. The molecule has 7 heteroatoms. The van der Waals surface area contributed by atoms with Gasteiger partial charge in [0.05, 0.1) is 5.69 Å². The third kappa shape index (κ3) is 2.93. The first kappa shape index (κ1) is 14.0. The van der Waals surface area contributed by atoms with Gasteiger partial charge in [-0.25, -0.2) is 17.2 Å². The Bertz CT molecular complexity index is 699. The minimum Gasteiger partial charge on any atom is -0.278 e. The van der Waals surface area contributed by atoms with Gasteiger partial charge in [-0.2, -0.15) is 0 Å². The molecule has 0 aromatic heterocycles. The number of sulfonamides is 1. The summed E-state index contributed by atoms with van der Waals surface area (Å²) in [5.74, 6) is -2.28. The smallest absolute Gasteiger partial charge is 0.267 e. The van der Waals surface area contributed by atoms with E-state index >= 15 is 0 Å². The molecule has 0 aliphatic rings. The van der Waals surface area contributed by atoms with Crippen LogP contribution in [0.5, 0.6) is 0 Å². The second-order valence-electron chi connectivity index (χ2n) is 3.64. The number of anilines is 1. The summed E-state index contributed by atoms with van der Waals surface area (Å²) in [5, 5.41) is 0. The van der Waals surface area contributed by atoms with Crippen LogP contribution >= 0.6 is 15.9 Å². The van der Waals surface area contributed by atoms with E-state index in [0.717, 1.165) is 18.2 Å². The van der Waals surface area contributed by atoms with Crippen LogP contribution < -0.4 is 4.72 Å². The largest absolute Gasteiger partial charge is 0.278 e. The Balaban J connectivity index is 2.47. The number of benzene rings is 2. The zero-order valence-corrected chi connectivity index (χ0v) is 11.8. The highest BCUT2D eigenvalue weighted by atomic mass is 79.9. The average Bonchev–Trinajstić information content (AvgIpc) is 2.31. The van der Waals surface area contributed by atoms with Crippen LogP contribution in [0.15, 0.2) is 51.8 Å². The fraction of sp³-hybridized carbons (Fsp3) is 0. The molecule has 2 aromatic rings. The molecule has 0 fully saturated rings. The Labute approximate surface area is 117 Å². The van der Waals surface area contributed by atoms with Crippen LogP contribution in [0.3, 0.4) is 0 Å². The second-order valence-corrected chi connectivity index (χ2v) is 6.11. The summed E-state index contributed by atoms with van der Waals surface area (Å²) >= 11 is 3.14. The van der Waals surface area contributed by atoms with Crippen LogP contribution in [0.25, 0.3) is 0 Å². The van der Waals surface area contributed by atoms with E-state index < -0.39 is 26.6 Å².